The standard InChI is InChI=1S/C15H22N2O/c1-10(2)11-5-3-6-12(9-11)17-15(18)13-7-4-8-14(13)16/h3,5-6,9-10,13-14H,4,7-8,16H2,1-2H3,(H,17,18). The van der Waals surface area contributed by atoms with Crippen molar-refractivity contribution in [3.8, 4) is 0 Å². The molecule has 1 fully saturated rings. The third-order valence-corrected chi connectivity index (χ3v) is 3.73. The van der Waals surface area contributed by atoms with Gasteiger partial charge in [-0.15, -0.1) is 0 Å². The fourth-order valence-electron chi connectivity index (χ4n) is 2.52. The smallest absolute Gasteiger partial charge is 0.229 e. The highest BCUT2D eigenvalue weighted by atomic mass is 16.1. The molecule has 1 aliphatic carbocycles. The van der Waals surface area contributed by atoms with E-state index in [1.807, 2.05) is 18.2 Å². The average molecular weight is 246 g/mol. The Balaban J connectivity index is 2.04. The number of carbonyl (C=O) groups excluding carboxylic acids is 1. The van der Waals surface area contributed by atoms with E-state index in [4.69, 9.17) is 5.73 Å². The Morgan fingerprint density at radius 1 is 1.39 bits per heavy atom. The summed E-state index contributed by atoms with van der Waals surface area (Å²) in [4.78, 5) is 12.1. The summed E-state index contributed by atoms with van der Waals surface area (Å²) in [7, 11) is 0. The number of rotatable bonds is 3. The number of hydrogen-bond donors (Lipinski definition) is 2. The van der Waals surface area contributed by atoms with Crippen LogP contribution in [0.1, 0.15) is 44.6 Å². The number of nitrogens with one attached hydrogen (secondary N) is 1. The summed E-state index contributed by atoms with van der Waals surface area (Å²) in [5.41, 5.74) is 8.07. The number of amides is 1. The molecule has 2 atom stereocenters. The van der Waals surface area contributed by atoms with Crippen molar-refractivity contribution in [2.75, 3.05) is 5.32 Å². The molecule has 3 heteroatoms. The van der Waals surface area contributed by atoms with E-state index in [1.54, 1.807) is 0 Å². The van der Waals surface area contributed by atoms with Crippen LogP contribution in [0.5, 0.6) is 0 Å². The van der Waals surface area contributed by atoms with Crippen molar-refractivity contribution in [2.45, 2.75) is 45.1 Å². The second-order valence-corrected chi connectivity index (χ2v) is 5.47. The van der Waals surface area contributed by atoms with Gasteiger partial charge in [-0.3, -0.25) is 4.79 Å². The predicted octanol–water partition coefficient (Wildman–Crippen LogP) is 2.88. The van der Waals surface area contributed by atoms with E-state index in [0.29, 0.717) is 5.92 Å². The van der Waals surface area contributed by atoms with Crippen LogP contribution in [0.15, 0.2) is 24.3 Å². The van der Waals surface area contributed by atoms with Crippen LogP contribution in [0.2, 0.25) is 0 Å². The van der Waals surface area contributed by atoms with E-state index in [-0.39, 0.29) is 17.9 Å². The minimum absolute atomic E-state index is 0.0206. The lowest BCUT2D eigenvalue weighted by Gasteiger charge is -2.16. The summed E-state index contributed by atoms with van der Waals surface area (Å²) in [6.07, 6.45) is 2.94. The van der Waals surface area contributed by atoms with Gasteiger partial charge >= 0.3 is 0 Å². The van der Waals surface area contributed by atoms with Gasteiger partial charge in [0.25, 0.3) is 0 Å². The molecule has 18 heavy (non-hydrogen) atoms. The summed E-state index contributed by atoms with van der Waals surface area (Å²) in [6, 6.07) is 8.08. The van der Waals surface area contributed by atoms with Crippen molar-refractivity contribution < 1.29 is 4.79 Å². The number of hydrogen-bond acceptors (Lipinski definition) is 2. The van der Waals surface area contributed by atoms with Gasteiger partial charge < -0.3 is 11.1 Å². The van der Waals surface area contributed by atoms with Gasteiger partial charge in [-0.1, -0.05) is 32.4 Å². The predicted molar refractivity (Wildman–Crippen MR) is 74.5 cm³/mol. The lowest BCUT2D eigenvalue weighted by atomic mass is 10.0. The molecule has 0 aromatic heterocycles. The van der Waals surface area contributed by atoms with E-state index in [9.17, 15) is 4.79 Å². The Bertz CT molecular complexity index is 428. The Morgan fingerprint density at radius 3 is 2.78 bits per heavy atom. The largest absolute Gasteiger partial charge is 0.327 e. The van der Waals surface area contributed by atoms with E-state index >= 15 is 0 Å². The van der Waals surface area contributed by atoms with Gasteiger partial charge in [0.2, 0.25) is 5.91 Å². The first-order valence-electron chi connectivity index (χ1n) is 6.74. The zero-order valence-corrected chi connectivity index (χ0v) is 11.1. The van der Waals surface area contributed by atoms with Crippen LogP contribution in [0.25, 0.3) is 0 Å². The molecule has 2 rings (SSSR count). The summed E-state index contributed by atoms with van der Waals surface area (Å²) >= 11 is 0. The molecule has 1 aliphatic rings. The van der Waals surface area contributed by atoms with Gasteiger partial charge in [0.05, 0.1) is 5.92 Å². The van der Waals surface area contributed by atoms with E-state index in [2.05, 4.69) is 25.2 Å². The highest BCUT2D eigenvalue weighted by molar-refractivity contribution is 5.93. The molecule has 1 aromatic carbocycles. The van der Waals surface area contributed by atoms with Gasteiger partial charge in [0, 0.05) is 11.7 Å². The van der Waals surface area contributed by atoms with Crippen molar-refractivity contribution in [1.82, 2.24) is 0 Å². The maximum absolute atomic E-state index is 12.1. The molecule has 0 radical (unpaired) electrons. The van der Waals surface area contributed by atoms with Crippen LogP contribution < -0.4 is 11.1 Å². The highest BCUT2D eigenvalue weighted by Gasteiger charge is 2.30. The van der Waals surface area contributed by atoms with E-state index in [1.165, 1.54) is 5.56 Å². The summed E-state index contributed by atoms with van der Waals surface area (Å²) in [5, 5.41) is 2.99. The third kappa shape index (κ3) is 2.91. The number of carbonyl (C=O) groups is 1. The molecule has 0 aliphatic heterocycles. The van der Waals surface area contributed by atoms with Crippen LogP contribution in [-0.4, -0.2) is 11.9 Å². The van der Waals surface area contributed by atoms with Gasteiger partial charge in [-0.05, 0) is 36.5 Å². The summed E-state index contributed by atoms with van der Waals surface area (Å²) in [6.45, 7) is 4.29. The molecular weight excluding hydrogens is 224 g/mol. The topological polar surface area (TPSA) is 55.1 Å². The molecule has 1 amide bonds. The molecule has 2 unspecified atom stereocenters. The molecule has 0 heterocycles. The normalized spacial score (nSPS) is 23.3. The maximum Gasteiger partial charge on any atom is 0.229 e. The van der Waals surface area contributed by atoms with Crippen LogP contribution in [0.3, 0.4) is 0 Å². The van der Waals surface area contributed by atoms with Gasteiger partial charge in [0.15, 0.2) is 0 Å². The number of anilines is 1. The Kier molecular flexibility index (Phi) is 4.02. The minimum Gasteiger partial charge on any atom is -0.327 e. The molecule has 3 N–H and O–H groups in total. The Labute approximate surface area is 109 Å². The first-order chi connectivity index (χ1) is 8.58. The average Bonchev–Trinajstić information content (AvgIpc) is 2.76. The highest BCUT2D eigenvalue weighted by Crippen LogP contribution is 2.26. The van der Waals surface area contributed by atoms with Crippen LogP contribution in [0, 0.1) is 5.92 Å². The lowest BCUT2D eigenvalue weighted by molar-refractivity contribution is -0.120. The molecular formula is C15H22N2O. The molecule has 0 spiro atoms. The summed E-state index contributed by atoms with van der Waals surface area (Å²) < 4.78 is 0. The first kappa shape index (κ1) is 13.1. The second kappa shape index (κ2) is 5.53. The molecule has 3 nitrogen and oxygen atoms in total. The van der Waals surface area contributed by atoms with Crippen LogP contribution in [-0.2, 0) is 4.79 Å². The van der Waals surface area contributed by atoms with Gasteiger partial charge in [0.1, 0.15) is 0 Å². The molecule has 1 aromatic rings. The molecule has 1 saturated carbocycles. The van der Waals surface area contributed by atoms with Crippen molar-refractivity contribution >= 4 is 11.6 Å². The Morgan fingerprint density at radius 2 is 2.17 bits per heavy atom. The first-order valence-corrected chi connectivity index (χ1v) is 6.74. The van der Waals surface area contributed by atoms with Crippen molar-refractivity contribution in [1.29, 1.82) is 0 Å². The quantitative estimate of drug-likeness (QED) is 0.861. The van der Waals surface area contributed by atoms with Crippen LogP contribution in [0.4, 0.5) is 5.69 Å². The molecule has 0 bridgehead atoms. The van der Waals surface area contributed by atoms with E-state index < -0.39 is 0 Å². The molecule has 0 saturated heterocycles. The van der Waals surface area contributed by atoms with Crippen molar-refractivity contribution in [3.63, 3.8) is 0 Å². The minimum atomic E-state index is -0.0206. The van der Waals surface area contributed by atoms with Crippen molar-refractivity contribution in [2.24, 2.45) is 11.7 Å². The zero-order valence-electron chi connectivity index (χ0n) is 11.1. The fourth-order valence-corrected chi connectivity index (χ4v) is 2.52. The monoisotopic (exact) mass is 246 g/mol. The zero-order chi connectivity index (χ0) is 13.1. The fraction of sp³-hybridized carbons (Fsp3) is 0.533. The molecule has 98 valence electrons. The number of nitrogens with two attached hydrogens (primary N) is 1. The van der Waals surface area contributed by atoms with E-state index in [0.717, 1.165) is 24.9 Å². The van der Waals surface area contributed by atoms with Crippen molar-refractivity contribution in [3.05, 3.63) is 29.8 Å². The maximum atomic E-state index is 12.1. The number of benzene rings is 1. The summed E-state index contributed by atoms with van der Waals surface area (Å²) in [5.74, 6) is 0.518. The SMILES string of the molecule is CC(C)c1cccc(NC(=O)C2CCCC2N)c1. The second-order valence-electron chi connectivity index (χ2n) is 5.47. The Hall–Kier alpha value is -1.35. The van der Waals surface area contributed by atoms with Gasteiger partial charge in [-0.2, -0.15) is 0 Å². The lowest BCUT2D eigenvalue weighted by Crippen LogP contribution is -2.34. The van der Waals surface area contributed by atoms with Crippen LogP contribution >= 0.6 is 0 Å². The van der Waals surface area contributed by atoms with Gasteiger partial charge in [-0.25, -0.2) is 0 Å². The third-order valence-electron chi connectivity index (χ3n) is 3.73.